The second-order valence-corrected chi connectivity index (χ2v) is 5.15. The van der Waals surface area contributed by atoms with Crippen LogP contribution in [0, 0.1) is 0 Å². The smallest absolute Gasteiger partial charge is 0.184 e. The van der Waals surface area contributed by atoms with Crippen molar-refractivity contribution < 1.29 is 0 Å². The second-order valence-electron chi connectivity index (χ2n) is 4.71. The summed E-state index contributed by atoms with van der Waals surface area (Å²) in [7, 11) is 0. The number of rotatable bonds is 8. The van der Waals surface area contributed by atoms with Gasteiger partial charge in [-0.25, -0.2) is 0 Å². The van der Waals surface area contributed by atoms with Crippen LogP contribution in [0.3, 0.4) is 0 Å². The van der Waals surface area contributed by atoms with Crippen molar-refractivity contribution in [2.24, 2.45) is 10.8 Å². The van der Waals surface area contributed by atoms with Gasteiger partial charge in [-0.15, -0.1) is 0 Å². The quantitative estimate of drug-likeness (QED) is 0.439. The molecule has 0 spiro atoms. The monoisotopic (exact) mass is 292 g/mol. The van der Waals surface area contributed by atoms with E-state index in [0.717, 1.165) is 25.2 Å². The predicted octanol–water partition coefficient (Wildman–Crippen LogP) is 2.48. The average Bonchev–Trinajstić information content (AvgIpc) is 2.41. The number of nitrogens with two attached hydrogens (primary N) is 1. The van der Waals surface area contributed by atoms with Crippen LogP contribution in [0.4, 0.5) is 0 Å². The molecular weight excluding hydrogens is 268 g/mol. The Balaban J connectivity index is 2.77. The van der Waals surface area contributed by atoms with Gasteiger partial charge in [-0.05, 0) is 49.3 Å². The van der Waals surface area contributed by atoms with E-state index in [2.05, 4.69) is 47.5 Å². The van der Waals surface area contributed by atoms with Crippen LogP contribution in [0.15, 0.2) is 29.4 Å². The van der Waals surface area contributed by atoms with Gasteiger partial charge in [-0.3, -0.25) is 10.3 Å². The molecule has 3 N–H and O–H groups in total. The largest absolute Gasteiger partial charge is 0.375 e. The van der Waals surface area contributed by atoms with E-state index in [1.807, 2.05) is 6.07 Å². The summed E-state index contributed by atoms with van der Waals surface area (Å²) in [4.78, 5) is 2.47. The molecule has 4 nitrogen and oxygen atoms in total. The standard InChI is InChI=1S/C15H24N4S/c1-3-9-19(10-4-2)12-14-8-6-5-7-13(14)11-17-18-15(16)20/h5-8,11H,3-4,9-10,12H2,1-2H3,(H3,16,18,20). The first-order valence-corrected chi connectivity index (χ1v) is 7.47. The highest BCUT2D eigenvalue weighted by Crippen LogP contribution is 2.11. The van der Waals surface area contributed by atoms with E-state index in [1.165, 1.54) is 18.4 Å². The van der Waals surface area contributed by atoms with Crippen LogP contribution in [-0.2, 0) is 6.54 Å². The number of nitrogens with zero attached hydrogens (tertiary/aromatic N) is 2. The zero-order valence-corrected chi connectivity index (χ0v) is 13.1. The van der Waals surface area contributed by atoms with Gasteiger partial charge in [-0.2, -0.15) is 5.10 Å². The van der Waals surface area contributed by atoms with Crippen molar-refractivity contribution in [3.8, 4) is 0 Å². The summed E-state index contributed by atoms with van der Waals surface area (Å²) in [6, 6.07) is 8.26. The van der Waals surface area contributed by atoms with Crippen molar-refractivity contribution in [2.45, 2.75) is 33.2 Å². The summed E-state index contributed by atoms with van der Waals surface area (Å²) in [5.74, 6) is 0. The van der Waals surface area contributed by atoms with E-state index in [1.54, 1.807) is 6.21 Å². The molecule has 0 heterocycles. The van der Waals surface area contributed by atoms with E-state index in [4.69, 9.17) is 18.0 Å². The van der Waals surface area contributed by atoms with Crippen LogP contribution < -0.4 is 11.2 Å². The van der Waals surface area contributed by atoms with E-state index in [-0.39, 0.29) is 5.11 Å². The van der Waals surface area contributed by atoms with Crippen molar-refractivity contribution >= 4 is 23.5 Å². The third kappa shape index (κ3) is 6.12. The van der Waals surface area contributed by atoms with Crippen molar-refractivity contribution in [1.29, 1.82) is 0 Å². The minimum atomic E-state index is 0.178. The van der Waals surface area contributed by atoms with Crippen molar-refractivity contribution in [1.82, 2.24) is 10.3 Å². The molecule has 0 bridgehead atoms. The fraction of sp³-hybridized carbons (Fsp3) is 0.467. The van der Waals surface area contributed by atoms with Crippen LogP contribution in [0.25, 0.3) is 0 Å². The average molecular weight is 292 g/mol. The maximum Gasteiger partial charge on any atom is 0.184 e. The minimum absolute atomic E-state index is 0.178. The molecule has 110 valence electrons. The van der Waals surface area contributed by atoms with E-state index < -0.39 is 0 Å². The number of nitrogens with one attached hydrogen (secondary N) is 1. The van der Waals surface area contributed by atoms with Gasteiger partial charge >= 0.3 is 0 Å². The highest BCUT2D eigenvalue weighted by Gasteiger charge is 2.06. The van der Waals surface area contributed by atoms with Crippen LogP contribution >= 0.6 is 12.2 Å². The van der Waals surface area contributed by atoms with Crippen molar-refractivity contribution in [3.05, 3.63) is 35.4 Å². The molecular formula is C15H24N4S. The summed E-state index contributed by atoms with van der Waals surface area (Å²) in [5.41, 5.74) is 10.3. The molecule has 0 aromatic heterocycles. The van der Waals surface area contributed by atoms with E-state index in [9.17, 15) is 0 Å². The predicted molar refractivity (Wildman–Crippen MR) is 89.8 cm³/mol. The molecule has 0 saturated heterocycles. The first-order chi connectivity index (χ1) is 9.67. The molecule has 0 aliphatic rings. The lowest BCUT2D eigenvalue weighted by Crippen LogP contribution is -2.26. The first kappa shape index (κ1) is 16.6. The molecule has 0 amide bonds. The number of benzene rings is 1. The third-order valence-corrected chi connectivity index (χ3v) is 3.00. The lowest BCUT2D eigenvalue weighted by atomic mass is 10.1. The Bertz CT molecular complexity index is 439. The topological polar surface area (TPSA) is 53.6 Å². The number of hydrogen-bond acceptors (Lipinski definition) is 3. The van der Waals surface area contributed by atoms with E-state index in [0.29, 0.717) is 0 Å². The first-order valence-electron chi connectivity index (χ1n) is 7.06. The Morgan fingerprint density at radius 1 is 1.30 bits per heavy atom. The molecule has 1 aromatic carbocycles. The zero-order chi connectivity index (χ0) is 14.8. The minimum Gasteiger partial charge on any atom is -0.375 e. The molecule has 0 unspecified atom stereocenters. The molecule has 0 aliphatic carbocycles. The van der Waals surface area contributed by atoms with E-state index >= 15 is 0 Å². The van der Waals surface area contributed by atoms with Crippen LogP contribution in [-0.4, -0.2) is 29.3 Å². The fourth-order valence-corrected chi connectivity index (χ4v) is 2.17. The summed E-state index contributed by atoms with van der Waals surface area (Å²) in [5, 5.41) is 4.22. The fourth-order valence-electron chi connectivity index (χ4n) is 2.11. The maximum atomic E-state index is 5.35. The Kier molecular flexibility index (Phi) is 7.84. The van der Waals surface area contributed by atoms with Gasteiger partial charge in [0.1, 0.15) is 0 Å². The van der Waals surface area contributed by atoms with Crippen LogP contribution in [0.5, 0.6) is 0 Å². The lowest BCUT2D eigenvalue weighted by molar-refractivity contribution is 0.266. The van der Waals surface area contributed by atoms with Gasteiger partial charge in [0.2, 0.25) is 0 Å². The maximum absolute atomic E-state index is 5.35. The van der Waals surface area contributed by atoms with Gasteiger partial charge in [-0.1, -0.05) is 38.1 Å². The summed E-state index contributed by atoms with van der Waals surface area (Å²) >= 11 is 4.73. The number of hydrogen-bond donors (Lipinski definition) is 2. The Hall–Kier alpha value is -1.46. The highest BCUT2D eigenvalue weighted by atomic mass is 32.1. The summed E-state index contributed by atoms with van der Waals surface area (Å²) in [6.07, 6.45) is 4.10. The molecule has 0 aliphatic heterocycles. The SMILES string of the molecule is CCCN(CCC)Cc1ccccc1C=NNC(N)=S. The number of hydrazone groups is 1. The van der Waals surface area contributed by atoms with Gasteiger partial charge in [0.25, 0.3) is 0 Å². The van der Waals surface area contributed by atoms with Gasteiger partial charge in [0, 0.05) is 6.54 Å². The molecule has 5 heteroatoms. The second kappa shape index (κ2) is 9.44. The van der Waals surface area contributed by atoms with Crippen molar-refractivity contribution in [3.63, 3.8) is 0 Å². The zero-order valence-electron chi connectivity index (χ0n) is 12.3. The summed E-state index contributed by atoms with van der Waals surface area (Å²) in [6.45, 7) is 7.59. The molecule has 0 radical (unpaired) electrons. The molecule has 0 saturated carbocycles. The molecule has 1 rings (SSSR count). The Labute approximate surface area is 127 Å². The highest BCUT2D eigenvalue weighted by molar-refractivity contribution is 7.80. The normalized spacial score (nSPS) is 11.2. The van der Waals surface area contributed by atoms with Crippen molar-refractivity contribution in [2.75, 3.05) is 13.1 Å². The van der Waals surface area contributed by atoms with Crippen LogP contribution in [0.2, 0.25) is 0 Å². The molecule has 1 aromatic rings. The molecule has 20 heavy (non-hydrogen) atoms. The molecule has 0 fully saturated rings. The van der Waals surface area contributed by atoms with Gasteiger partial charge in [0.05, 0.1) is 6.21 Å². The number of thiocarbonyl (C=S) groups is 1. The van der Waals surface area contributed by atoms with Gasteiger partial charge in [0.15, 0.2) is 5.11 Å². The lowest BCUT2D eigenvalue weighted by Gasteiger charge is -2.21. The third-order valence-electron chi connectivity index (χ3n) is 2.91. The Morgan fingerprint density at radius 3 is 2.55 bits per heavy atom. The van der Waals surface area contributed by atoms with Gasteiger partial charge < -0.3 is 5.73 Å². The van der Waals surface area contributed by atoms with Crippen LogP contribution in [0.1, 0.15) is 37.8 Å². The summed E-state index contributed by atoms with van der Waals surface area (Å²) < 4.78 is 0. The molecule has 0 atom stereocenters. The Morgan fingerprint density at radius 2 is 1.95 bits per heavy atom.